The Balaban J connectivity index is 2.25. The zero-order valence-electron chi connectivity index (χ0n) is 11.2. The highest BCUT2D eigenvalue weighted by atomic mass is 16.4. The maximum atomic E-state index is 11.7. The highest BCUT2D eigenvalue weighted by molar-refractivity contribution is 5.91. The fourth-order valence-corrected chi connectivity index (χ4v) is 1.74. The summed E-state index contributed by atoms with van der Waals surface area (Å²) in [7, 11) is 0. The second-order valence-electron chi connectivity index (χ2n) is 4.11. The predicted octanol–water partition coefficient (Wildman–Crippen LogP) is 1.20. The summed E-state index contributed by atoms with van der Waals surface area (Å²) >= 11 is 0. The van der Waals surface area contributed by atoms with E-state index in [0.29, 0.717) is 24.6 Å². The smallest absolute Gasteiger partial charge is 0.286 e. The number of amides is 1. The van der Waals surface area contributed by atoms with Crippen LogP contribution in [0.3, 0.4) is 0 Å². The maximum absolute atomic E-state index is 11.7. The molecule has 18 heavy (non-hydrogen) atoms. The van der Waals surface area contributed by atoms with Crippen molar-refractivity contribution in [2.75, 3.05) is 26.2 Å². The first-order valence-corrected chi connectivity index (χ1v) is 6.50. The van der Waals surface area contributed by atoms with Crippen molar-refractivity contribution in [2.24, 2.45) is 5.73 Å². The number of nitrogens with one attached hydrogen (secondary N) is 1. The lowest BCUT2D eigenvalue weighted by atomic mass is 10.3. The monoisotopic (exact) mass is 253 g/mol. The standard InChI is InChI=1S/C13H23N3O2/c1-3-16(4-2)9-5-8-15-13(17)12-7-6-11(10-14)18-12/h6-7H,3-5,8-10,14H2,1-2H3,(H,15,17). The van der Waals surface area contributed by atoms with Crippen LogP contribution in [0.1, 0.15) is 36.6 Å². The van der Waals surface area contributed by atoms with Gasteiger partial charge in [0, 0.05) is 6.54 Å². The second kappa shape index (κ2) is 7.89. The van der Waals surface area contributed by atoms with Crippen LogP contribution in [0.2, 0.25) is 0 Å². The van der Waals surface area contributed by atoms with Crippen molar-refractivity contribution in [3.63, 3.8) is 0 Å². The van der Waals surface area contributed by atoms with Crippen LogP contribution in [0.5, 0.6) is 0 Å². The Hall–Kier alpha value is -1.33. The van der Waals surface area contributed by atoms with Gasteiger partial charge in [0.1, 0.15) is 5.76 Å². The molecule has 0 bridgehead atoms. The molecule has 5 nitrogen and oxygen atoms in total. The van der Waals surface area contributed by atoms with Crippen LogP contribution in [0.4, 0.5) is 0 Å². The molecule has 0 aliphatic carbocycles. The molecule has 0 atom stereocenters. The average molecular weight is 253 g/mol. The molecule has 0 saturated heterocycles. The van der Waals surface area contributed by atoms with Crippen LogP contribution in [0.25, 0.3) is 0 Å². The van der Waals surface area contributed by atoms with E-state index in [1.807, 2.05) is 0 Å². The summed E-state index contributed by atoms with van der Waals surface area (Å²) in [5, 5.41) is 2.84. The van der Waals surface area contributed by atoms with Crippen LogP contribution >= 0.6 is 0 Å². The fraction of sp³-hybridized carbons (Fsp3) is 0.615. The number of nitrogens with zero attached hydrogens (tertiary/aromatic N) is 1. The van der Waals surface area contributed by atoms with Crippen molar-refractivity contribution >= 4 is 5.91 Å². The Labute approximate surface area is 108 Å². The van der Waals surface area contributed by atoms with E-state index in [1.54, 1.807) is 12.1 Å². The molecule has 0 aliphatic rings. The van der Waals surface area contributed by atoms with E-state index in [9.17, 15) is 4.79 Å². The fourth-order valence-electron chi connectivity index (χ4n) is 1.74. The highest BCUT2D eigenvalue weighted by Crippen LogP contribution is 2.06. The van der Waals surface area contributed by atoms with Crippen LogP contribution in [-0.4, -0.2) is 37.0 Å². The van der Waals surface area contributed by atoms with E-state index in [0.717, 1.165) is 26.1 Å². The first-order valence-electron chi connectivity index (χ1n) is 6.50. The van der Waals surface area contributed by atoms with Crippen molar-refractivity contribution in [3.05, 3.63) is 23.7 Å². The molecule has 102 valence electrons. The van der Waals surface area contributed by atoms with Crippen LogP contribution in [0, 0.1) is 0 Å². The molecule has 1 heterocycles. The summed E-state index contributed by atoms with van der Waals surface area (Å²) in [5.74, 6) is 0.788. The Morgan fingerprint density at radius 1 is 1.39 bits per heavy atom. The topological polar surface area (TPSA) is 71.5 Å². The number of nitrogens with two attached hydrogens (primary N) is 1. The normalized spacial score (nSPS) is 10.9. The molecule has 0 spiro atoms. The summed E-state index contributed by atoms with van der Waals surface area (Å²) in [6, 6.07) is 3.38. The quantitative estimate of drug-likeness (QED) is 0.683. The minimum absolute atomic E-state index is 0.172. The van der Waals surface area contributed by atoms with Gasteiger partial charge >= 0.3 is 0 Å². The minimum Gasteiger partial charge on any atom is -0.455 e. The van der Waals surface area contributed by atoms with Crippen molar-refractivity contribution in [1.82, 2.24) is 10.2 Å². The maximum Gasteiger partial charge on any atom is 0.286 e. The van der Waals surface area contributed by atoms with Gasteiger partial charge in [-0.05, 0) is 38.2 Å². The minimum atomic E-state index is -0.172. The van der Waals surface area contributed by atoms with Gasteiger partial charge in [-0.1, -0.05) is 13.8 Å². The van der Waals surface area contributed by atoms with Gasteiger partial charge in [0.15, 0.2) is 5.76 Å². The molecule has 0 fully saturated rings. The van der Waals surface area contributed by atoms with E-state index in [2.05, 4.69) is 24.1 Å². The third kappa shape index (κ3) is 4.50. The lowest BCUT2D eigenvalue weighted by Crippen LogP contribution is -2.29. The van der Waals surface area contributed by atoms with Gasteiger partial charge in [-0.3, -0.25) is 4.79 Å². The SMILES string of the molecule is CCN(CC)CCCNC(=O)c1ccc(CN)o1. The Bertz CT molecular complexity index is 359. The second-order valence-corrected chi connectivity index (χ2v) is 4.11. The molecule has 1 amide bonds. The molecular weight excluding hydrogens is 230 g/mol. The molecule has 5 heteroatoms. The first kappa shape index (κ1) is 14.7. The number of carbonyl (C=O) groups is 1. The summed E-state index contributed by atoms with van der Waals surface area (Å²) in [6.45, 7) is 8.34. The summed E-state index contributed by atoms with van der Waals surface area (Å²) in [5.41, 5.74) is 5.42. The van der Waals surface area contributed by atoms with Gasteiger partial charge < -0.3 is 20.4 Å². The molecule has 0 radical (unpaired) electrons. The Morgan fingerprint density at radius 2 is 2.11 bits per heavy atom. The van der Waals surface area contributed by atoms with Gasteiger partial charge in [-0.2, -0.15) is 0 Å². The zero-order valence-corrected chi connectivity index (χ0v) is 11.2. The lowest BCUT2D eigenvalue weighted by molar-refractivity contribution is 0.0922. The summed E-state index contributed by atoms with van der Waals surface area (Å²) in [6.07, 6.45) is 0.942. The van der Waals surface area contributed by atoms with E-state index in [4.69, 9.17) is 10.2 Å². The largest absolute Gasteiger partial charge is 0.455 e. The van der Waals surface area contributed by atoms with Gasteiger partial charge in [-0.25, -0.2) is 0 Å². The van der Waals surface area contributed by atoms with Gasteiger partial charge in [0.25, 0.3) is 5.91 Å². The van der Waals surface area contributed by atoms with Crippen molar-refractivity contribution in [3.8, 4) is 0 Å². The van der Waals surface area contributed by atoms with Crippen LogP contribution in [-0.2, 0) is 6.54 Å². The molecule has 0 aromatic carbocycles. The van der Waals surface area contributed by atoms with E-state index in [-0.39, 0.29) is 5.91 Å². The number of hydrogen-bond donors (Lipinski definition) is 2. The highest BCUT2D eigenvalue weighted by Gasteiger charge is 2.09. The number of furan rings is 1. The van der Waals surface area contributed by atoms with E-state index >= 15 is 0 Å². The van der Waals surface area contributed by atoms with E-state index < -0.39 is 0 Å². The number of hydrogen-bond acceptors (Lipinski definition) is 4. The lowest BCUT2D eigenvalue weighted by Gasteiger charge is -2.17. The number of carbonyl (C=O) groups excluding carboxylic acids is 1. The van der Waals surface area contributed by atoms with Crippen LogP contribution in [0.15, 0.2) is 16.5 Å². The van der Waals surface area contributed by atoms with Gasteiger partial charge in [0.2, 0.25) is 0 Å². The summed E-state index contributed by atoms with van der Waals surface area (Å²) < 4.78 is 5.27. The molecule has 0 unspecified atom stereocenters. The molecule has 1 rings (SSSR count). The molecule has 0 saturated carbocycles. The Kier molecular flexibility index (Phi) is 6.46. The zero-order chi connectivity index (χ0) is 13.4. The van der Waals surface area contributed by atoms with Gasteiger partial charge in [-0.15, -0.1) is 0 Å². The molecule has 1 aromatic rings. The first-order chi connectivity index (χ1) is 8.71. The third-order valence-corrected chi connectivity index (χ3v) is 2.92. The number of rotatable bonds is 8. The predicted molar refractivity (Wildman–Crippen MR) is 71.3 cm³/mol. The average Bonchev–Trinajstić information content (AvgIpc) is 2.87. The van der Waals surface area contributed by atoms with Crippen molar-refractivity contribution < 1.29 is 9.21 Å². The molecular formula is C13H23N3O2. The van der Waals surface area contributed by atoms with Crippen LogP contribution < -0.4 is 11.1 Å². The van der Waals surface area contributed by atoms with Gasteiger partial charge in [0.05, 0.1) is 6.54 Å². The molecule has 0 aliphatic heterocycles. The Morgan fingerprint density at radius 3 is 2.67 bits per heavy atom. The van der Waals surface area contributed by atoms with Crippen molar-refractivity contribution in [1.29, 1.82) is 0 Å². The summed E-state index contributed by atoms with van der Waals surface area (Å²) in [4.78, 5) is 14.0. The molecule has 3 N–H and O–H groups in total. The van der Waals surface area contributed by atoms with E-state index in [1.165, 1.54) is 0 Å². The molecule has 1 aromatic heterocycles. The van der Waals surface area contributed by atoms with Crippen molar-refractivity contribution in [2.45, 2.75) is 26.8 Å². The third-order valence-electron chi connectivity index (χ3n) is 2.92.